The highest BCUT2D eigenvalue weighted by atomic mass is 16.5. The summed E-state index contributed by atoms with van der Waals surface area (Å²) in [5.74, 6) is 3.13. The summed E-state index contributed by atoms with van der Waals surface area (Å²) in [6.45, 7) is 17.1. The molecule has 4 aromatic carbocycles. The van der Waals surface area contributed by atoms with E-state index in [-0.39, 0.29) is 34.8 Å². The van der Waals surface area contributed by atoms with Crippen LogP contribution in [0.25, 0.3) is 11.1 Å². The highest BCUT2D eigenvalue weighted by Gasteiger charge is 2.23. The maximum atomic E-state index is 9.57. The van der Waals surface area contributed by atoms with Crippen molar-refractivity contribution in [1.29, 1.82) is 21.0 Å². The summed E-state index contributed by atoms with van der Waals surface area (Å²) < 4.78 is 13.0. The summed E-state index contributed by atoms with van der Waals surface area (Å²) in [5.41, 5.74) is 7.51. The van der Waals surface area contributed by atoms with Crippen molar-refractivity contribution in [2.45, 2.75) is 79.1 Å². The molecule has 0 spiro atoms. The van der Waals surface area contributed by atoms with E-state index in [9.17, 15) is 21.0 Å². The van der Waals surface area contributed by atoms with Gasteiger partial charge in [-0.2, -0.15) is 21.0 Å². The van der Waals surface area contributed by atoms with E-state index in [4.69, 9.17) is 9.47 Å². The maximum Gasteiger partial charge on any atom is 0.134 e. The summed E-state index contributed by atoms with van der Waals surface area (Å²) in [6, 6.07) is 27.0. The lowest BCUT2D eigenvalue weighted by molar-refractivity contribution is 0.462. The Labute approximate surface area is 272 Å². The first-order valence-corrected chi connectivity index (χ1v) is 15.5. The van der Waals surface area contributed by atoms with Crippen LogP contribution in [0.1, 0.15) is 124 Å². The molecule has 0 aliphatic rings. The van der Waals surface area contributed by atoms with Gasteiger partial charge in [0.1, 0.15) is 47.3 Å². The molecule has 0 aliphatic heterocycles. The standard InChI is InChI=1S/C40H38N4O2/c1-23(2)35-15-29(16-36(24(3)4)39(35)45-33-11-9-27(19-41)31(13-33)21-43)30-17-37(25(5)6)40(38(18-30)26(7)8)46-34-12-10-28(20-42)32(14-34)22-44/h9-18,23-26H,1-8H3. The minimum absolute atomic E-state index is 0.142. The van der Waals surface area contributed by atoms with Gasteiger partial charge in [0, 0.05) is 0 Å². The van der Waals surface area contributed by atoms with E-state index in [1.165, 1.54) is 0 Å². The minimum atomic E-state index is 0.142. The van der Waals surface area contributed by atoms with Crippen molar-refractivity contribution < 1.29 is 9.47 Å². The molecule has 0 radical (unpaired) electrons. The number of benzene rings is 4. The van der Waals surface area contributed by atoms with E-state index in [1.54, 1.807) is 36.4 Å². The molecule has 0 N–H and O–H groups in total. The van der Waals surface area contributed by atoms with Crippen LogP contribution in [0.4, 0.5) is 0 Å². The van der Waals surface area contributed by atoms with Gasteiger partial charge in [0.05, 0.1) is 22.3 Å². The van der Waals surface area contributed by atoms with E-state index in [1.807, 2.05) is 0 Å². The van der Waals surface area contributed by atoms with Crippen molar-refractivity contribution in [3.63, 3.8) is 0 Å². The smallest absolute Gasteiger partial charge is 0.134 e. The molecule has 0 saturated carbocycles. The fourth-order valence-electron chi connectivity index (χ4n) is 5.42. The van der Waals surface area contributed by atoms with Gasteiger partial charge in [-0.3, -0.25) is 0 Å². The second kappa shape index (κ2) is 14.0. The Kier molecular flexibility index (Phi) is 10.2. The average Bonchev–Trinajstić information content (AvgIpc) is 3.04. The third-order valence-electron chi connectivity index (χ3n) is 8.02. The van der Waals surface area contributed by atoms with Crippen LogP contribution in [-0.4, -0.2) is 0 Å². The Morgan fingerprint density at radius 2 is 0.696 bits per heavy atom. The van der Waals surface area contributed by atoms with Gasteiger partial charge in [-0.15, -0.1) is 0 Å². The SMILES string of the molecule is CC(C)c1cc(-c2cc(C(C)C)c(Oc3ccc(C#N)c(C#N)c3)c(C(C)C)c2)cc(C(C)C)c1Oc1ccc(C#N)c(C#N)c1. The van der Waals surface area contributed by atoms with Crippen molar-refractivity contribution in [2.75, 3.05) is 0 Å². The van der Waals surface area contributed by atoms with Crippen molar-refractivity contribution >= 4 is 0 Å². The van der Waals surface area contributed by atoms with E-state index in [2.05, 4.69) is 104 Å². The Hall–Kier alpha value is -5.56. The average molecular weight is 607 g/mol. The quantitative estimate of drug-likeness (QED) is 0.187. The van der Waals surface area contributed by atoms with Crippen LogP contribution in [0.15, 0.2) is 60.7 Å². The first kappa shape index (κ1) is 33.3. The van der Waals surface area contributed by atoms with Crippen LogP contribution in [0.3, 0.4) is 0 Å². The molecule has 0 atom stereocenters. The maximum absolute atomic E-state index is 9.57. The topological polar surface area (TPSA) is 114 Å². The lowest BCUT2D eigenvalue weighted by Gasteiger charge is -2.24. The molecule has 6 heteroatoms. The number of rotatable bonds is 9. The summed E-state index contributed by atoms with van der Waals surface area (Å²) in [4.78, 5) is 0. The van der Waals surface area contributed by atoms with Crippen LogP contribution >= 0.6 is 0 Å². The summed E-state index contributed by atoms with van der Waals surface area (Å²) in [6.07, 6.45) is 0. The van der Waals surface area contributed by atoms with Crippen LogP contribution in [-0.2, 0) is 0 Å². The Morgan fingerprint density at radius 1 is 0.413 bits per heavy atom. The third-order valence-corrected chi connectivity index (χ3v) is 8.02. The number of nitrogens with zero attached hydrogens (tertiary/aromatic N) is 4. The number of hydrogen-bond donors (Lipinski definition) is 0. The molecule has 6 nitrogen and oxygen atoms in total. The first-order valence-electron chi connectivity index (χ1n) is 15.5. The van der Waals surface area contributed by atoms with E-state index in [0.717, 1.165) is 44.9 Å². The zero-order valence-corrected chi connectivity index (χ0v) is 27.7. The molecule has 0 fully saturated rings. The fraction of sp³-hybridized carbons (Fsp3) is 0.300. The van der Waals surface area contributed by atoms with Gasteiger partial charge in [-0.1, -0.05) is 55.4 Å². The zero-order valence-electron chi connectivity index (χ0n) is 27.7. The highest BCUT2D eigenvalue weighted by Crippen LogP contribution is 2.45. The molecule has 0 unspecified atom stereocenters. The van der Waals surface area contributed by atoms with Gasteiger partial charge in [-0.05, 0) is 118 Å². The first-order chi connectivity index (χ1) is 21.9. The van der Waals surface area contributed by atoms with Crippen molar-refractivity contribution in [2.24, 2.45) is 0 Å². The van der Waals surface area contributed by atoms with Crippen molar-refractivity contribution in [3.05, 3.63) is 105 Å². The molecule has 0 aliphatic carbocycles. The third kappa shape index (κ3) is 6.89. The second-order valence-corrected chi connectivity index (χ2v) is 12.7. The molecule has 0 amide bonds. The normalized spacial score (nSPS) is 10.9. The fourth-order valence-corrected chi connectivity index (χ4v) is 5.42. The van der Waals surface area contributed by atoms with Crippen LogP contribution in [0.2, 0.25) is 0 Å². The van der Waals surface area contributed by atoms with Gasteiger partial charge >= 0.3 is 0 Å². The van der Waals surface area contributed by atoms with Gasteiger partial charge in [-0.25, -0.2) is 0 Å². The summed E-state index contributed by atoms with van der Waals surface area (Å²) in [5, 5.41) is 37.9. The number of ether oxygens (including phenoxy) is 2. The lowest BCUT2D eigenvalue weighted by atomic mass is 9.86. The molecular formula is C40H38N4O2. The molecule has 46 heavy (non-hydrogen) atoms. The molecule has 0 saturated heterocycles. The van der Waals surface area contributed by atoms with Crippen LogP contribution in [0.5, 0.6) is 23.0 Å². The van der Waals surface area contributed by atoms with Crippen molar-refractivity contribution in [1.82, 2.24) is 0 Å². The van der Waals surface area contributed by atoms with E-state index < -0.39 is 0 Å². The Balaban J connectivity index is 1.90. The molecule has 4 rings (SSSR count). The number of nitriles is 4. The Morgan fingerprint density at radius 3 is 0.935 bits per heavy atom. The van der Waals surface area contributed by atoms with Gasteiger partial charge < -0.3 is 9.47 Å². The second-order valence-electron chi connectivity index (χ2n) is 12.7. The minimum Gasteiger partial charge on any atom is -0.457 e. The van der Waals surface area contributed by atoms with Gasteiger partial charge in [0.25, 0.3) is 0 Å². The van der Waals surface area contributed by atoms with Crippen molar-refractivity contribution in [3.8, 4) is 58.4 Å². The monoisotopic (exact) mass is 606 g/mol. The molecular weight excluding hydrogens is 568 g/mol. The molecule has 4 aromatic rings. The predicted octanol–water partition coefficient (Wildman–Crippen LogP) is 10.9. The van der Waals surface area contributed by atoms with Crippen LogP contribution < -0.4 is 9.47 Å². The van der Waals surface area contributed by atoms with E-state index in [0.29, 0.717) is 22.6 Å². The molecule has 0 aromatic heterocycles. The molecule has 0 heterocycles. The van der Waals surface area contributed by atoms with Gasteiger partial charge in [0.15, 0.2) is 0 Å². The van der Waals surface area contributed by atoms with Crippen LogP contribution in [0, 0.1) is 45.3 Å². The zero-order chi connectivity index (χ0) is 33.7. The van der Waals surface area contributed by atoms with E-state index >= 15 is 0 Å². The molecule has 230 valence electrons. The highest BCUT2D eigenvalue weighted by molar-refractivity contribution is 5.72. The van der Waals surface area contributed by atoms with Gasteiger partial charge in [0.2, 0.25) is 0 Å². The summed E-state index contributed by atoms with van der Waals surface area (Å²) >= 11 is 0. The predicted molar refractivity (Wildman–Crippen MR) is 180 cm³/mol. The largest absolute Gasteiger partial charge is 0.457 e. The molecule has 0 bridgehead atoms. The Bertz CT molecular complexity index is 1760. The number of hydrogen-bond acceptors (Lipinski definition) is 6. The summed E-state index contributed by atoms with van der Waals surface area (Å²) in [7, 11) is 0. The lowest BCUT2D eigenvalue weighted by Crippen LogP contribution is -2.04.